The lowest BCUT2D eigenvalue weighted by Crippen LogP contribution is -2.23. The van der Waals surface area contributed by atoms with Crippen LogP contribution in [0.5, 0.6) is 0 Å². The lowest BCUT2D eigenvalue weighted by molar-refractivity contribution is -0.486. The lowest BCUT2D eigenvalue weighted by Gasteiger charge is -2.20. The van der Waals surface area contributed by atoms with Crippen LogP contribution in [0.4, 0.5) is 0 Å². The first-order chi connectivity index (χ1) is 7.46. The van der Waals surface area contributed by atoms with Gasteiger partial charge in [-0.15, -0.1) is 23.2 Å². The van der Waals surface area contributed by atoms with Crippen LogP contribution in [0.15, 0.2) is 0 Å². The lowest BCUT2D eigenvalue weighted by atomic mass is 10.7. The van der Waals surface area contributed by atoms with Gasteiger partial charge >= 0.3 is 7.60 Å². The summed E-state index contributed by atoms with van der Waals surface area (Å²) in [6.45, 7) is -1.21. The van der Waals surface area contributed by atoms with Crippen molar-refractivity contribution in [2.45, 2.75) is 5.85 Å². The average molecular weight is 296 g/mol. The molecule has 0 heterocycles. The fourth-order valence-corrected chi connectivity index (χ4v) is 2.58. The Labute approximate surface area is 102 Å². The van der Waals surface area contributed by atoms with E-state index in [2.05, 4.69) is 0 Å². The molecule has 0 spiro atoms. The highest BCUT2D eigenvalue weighted by Crippen LogP contribution is 2.52. The van der Waals surface area contributed by atoms with Gasteiger partial charge in [-0.25, -0.2) is 0 Å². The summed E-state index contributed by atoms with van der Waals surface area (Å²) < 4.78 is 21.3. The monoisotopic (exact) mass is 295 g/mol. The molecule has 0 aromatic rings. The normalized spacial score (nSPS) is 13.7. The molecule has 0 saturated carbocycles. The Morgan fingerprint density at radius 3 is 2.06 bits per heavy atom. The summed E-state index contributed by atoms with van der Waals surface area (Å²) in [5, 5.41) is 19.5. The molecular weight excluding hydrogens is 284 g/mol. The van der Waals surface area contributed by atoms with Gasteiger partial charge in [-0.3, -0.25) is 14.7 Å². The molecule has 0 amide bonds. The first kappa shape index (κ1) is 16.1. The molecule has 0 aromatic heterocycles. The van der Waals surface area contributed by atoms with E-state index in [1.54, 1.807) is 0 Å². The molecule has 0 saturated heterocycles. The van der Waals surface area contributed by atoms with Crippen molar-refractivity contribution < 1.29 is 23.6 Å². The number of nitro groups is 1. The summed E-state index contributed by atoms with van der Waals surface area (Å²) in [7, 11) is -3.95. The highest BCUT2D eigenvalue weighted by atomic mass is 35.5. The van der Waals surface area contributed by atoms with E-state index in [-0.39, 0.29) is 25.0 Å². The first-order valence-corrected chi connectivity index (χ1v) is 6.95. The van der Waals surface area contributed by atoms with E-state index in [9.17, 15) is 19.8 Å². The van der Waals surface area contributed by atoms with Crippen molar-refractivity contribution in [3.8, 4) is 0 Å². The van der Waals surface area contributed by atoms with Gasteiger partial charge in [-0.05, 0) is 0 Å². The fourth-order valence-electron chi connectivity index (χ4n) is 0.766. The number of halogens is 2. The summed E-state index contributed by atoms with van der Waals surface area (Å²) in [6, 6.07) is 0. The Morgan fingerprint density at radius 1 is 1.31 bits per heavy atom. The zero-order valence-electron chi connectivity index (χ0n) is 8.25. The van der Waals surface area contributed by atoms with Crippen molar-refractivity contribution in [3.05, 3.63) is 10.1 Å². The number of alkyl halides is 2. The predicted molar refractivity (Wildman–Crippen MR) is 58.8 cm³/mol. The average Bonchev–Trinajstić information content (AvgIpc) is 2.22. The van der Waals surface area contributed by atoms with Crippen LogP contribution < -0.4 is 0 Å². The number of hydrogen-bond acceptors (Lipinski definition) is 6. The van der Waals surface area contributed by atoms with Crippen molar-refractivity contribution in [2.75, 3.05) is 31.5 Å². The van der Waals surface area contributed by atoms with Crippen LogP contribution in [0.25, 0.3) is 0 Å². The topological polar surface area (TPSA) is 98.9 Å². The molecule has 7 nitrogen and oxygen atoms in total. The third-order valence-electron chi connectivity index (χ3n) is 1.37. The maximum atomic E-state index is 11.9. The van der Waals surface area contributed by atoms with Gasteiger partial charge < -0.3 is 14.2 Å². The van der Waals surface area contributed by atoms with E-state index in [4.69, 9.17) is 32.2 Å². The van der Waals surface area contributed by atoms with Crippen LogP contribution in [-0.4, -0.2) is 47.4 Å². The quantitative estimate of drug-likeness (QED) is 0.298. The van der Waals surface area contributed by atoms with Crippen molar-refractivity contribution in [1.82, 2.24) is 0 Å². The number of nitrogens with zero attached hydrogens (tertiary/aromatic N) is 1. The zero-order valence-corrected chi connectivity index (χ0v) is 10.7. The fraction of sp³-hybridized carbons (Fsp3) is 1.00. The molecule has 1 atom stereocenters. The summed E-state index contributed by atoms with van der Waals surface area (Å²) in [5.74, 6) is -1.77. The molecule has 0 rings (SSSR count). The van der Waals surface area contributed by atoms with Crippen molar-refractivity contribution in [1.29, 1.82) is 0 Å². The Bertz CT molecular complexity index is 253. The molecule has 0 aromatic carbocycles. The van der Waals surface area contributed by atoms with E-state index in [0.717, 1.165) is 0 Å². The predicted octanol–water partition coefficient (Wildman–Crippen LogP) is 1.29. The molecule has 0 aliphatic rings. The smallest absolute Gasteiger partial charge is 0.365 e. The van der Waals surface area contributed by atoms with E-state index in [1.165, 1.54) is 0 Å². The molecule has 16 heavy (non-hydrogen) atoms. The molecular formula is C6H12Cl2NO6P. The summed E-state index contributed by atoms with van der Waals surface area (Å²) in [6.07, 6.45) is 0. The highest BCUT2D eigenvalue weighted by molar-refractivity contribution is 7.54. The minimum atomic E-state index is -3.95. The van der Waals surface area contributed by atoms with Crippen molar-refractivity contribution in [2.24, 2.45) is 0 Å². The largest absolute Gasteiger partial charge is 0.375 e. The molecule has 10 heteroatoms. The van der Waals surface area contributed by atoms with Gasteiger partial charge in [0.05, 0.1) is 13.2 Å². The van der Waals surface area contributed by atoms with Crippen molar-refractivity contribution >= 4 is 30.8 Å². The maximum Gasteiger partial charge on any atom is 0.365 e. The Hall–Kier alpha value is 0.0900. The van der Waals surface area contributed by atoms with Gasteiger partial charge in [-0.1, -0.05) is 0 Å². The van der Waals surface area contributed by atoms with Gasteiger partial charge in [0.15, 0.2) is 0 Å². The number of rotatable bonds is 9. The Morgan fingerprint density at radius 2 is 1.75 bits per heavy atom. The molecule has 0 fully saturated rings. The second-order valence-electron chi connectivity index (χ2n) is 2.58. The molecule has 1 N–H and O–H groups in total. The number of aliphatic hydroxyl groups excluding tert-OH is 1. The minimum absolute atomic E-state index is 0.0272. The van der Waals surface area contributed by atoms with Gasteiger partial charge in [0.2, 0.25) is 12.4 Å². The molecule has 96 valence electrons. The molecule has 0 bridgehead atoms. The van der Waals surface area contributed by atoms with E-state index < -0.39 is 24.9 Å². The van der Waals surface area contributed by atoms with E-state index in [1.807, 2.05) is 0 Å². The van der Waals surface area contributed by atoms with Crippen LogP contribution >= 0.6 is 30.8 Å². The van der Waals surface area contributed by atoms with Crippen LogP contribution in [0.3, 0.4) is 0 Å². The summed E-state index contributed by atoms with van der Waals surface area (Å²) >= 11 is 10.6. The Kier molecular flexibility index (Phi) is 8.27. The molecule has 0 radical (unpaired) electrons. The van der Waals surface area contributed by atoms with E-state index in [0.29, 0.717) is 0 Å². The zero-order chi connectivity index (χ0) is 12.6. The third-order valence-corrected chi connectivity index (χ3v) is 3.66. The number of aliphatic hydroxyl groups is 1. The first-order valence-electron chi connectivity index (χ1n) is 4.27. The second-order valence-corrected chi connectivity index (χ2v) is 5.53. The van der Waals surface area contributed by atoms with Crippen LogP contribution in [0.2, 0.25) is 0 Å². The summed E-state index contributed by atoms with van der Waals surface area (Å²) in [4.78, 5) is 9.35. The number of hydrogen-bond donors (Lipinski definition) is 1. The van der Waals surface area contributed by atoms with Gasteiger partial charge in [0.1, 0.15) is 0 Å². The van der Waals surface area contributed by atoms with Gasteiger partial charge in [0, 0.05) is 16.7 Å². The van der Waals surface area contributed by atoms with Crippen LogP contribution in [0, 0.1) is 10.1 Å². The third kappa shape index (κ3) is 5.98. The molecule has 0 unspecified atom stereocenters. The molecule has 0 aliphatic carbocycles. The summed E-state index contributed by atoms with van der Waals surface area (Å²) in [5.41, 5.74) is 0. The molecule has 0 aliphatic heterocycles. The van der Waals surface area contributed by atoms with Crippen LogP contribution in [0.1, 0.15) is 0 Å². The van der Waals surface area contributed by atoms with E-state index >= 15 is 0 Å². The Balaban J connectivity index is 4.49. The highest BCUT2D eigenvalue weighted by Gasteiger charge is 2.38. The van der Waals surface area contributed by atoms with Gasteiger partial charge in [0.25, 0.3) is 0 Å². The van der Waals surface area contributed by atoms with Crippen molar-refractivity contribution in [3.63, 3.8) is 0 Å². The SMILES string of the molecule is O=[N+]([O-])C[C@@H](O)P(=O)(OCCCl)OCCCl. The second kappa shape index (κ2) is 8.22. The van der Waals surface area contributed by atoms with Gasteiger partial charge in [-0.2, -0.15) is 0 Å². The maximum absolute atomic E-state index is 11.9. The van der Waals surface area contributed by atoms with Crippen LogP contribution in [-0.2, 0) is 13.6 Å². The standard InChI is InChI=1S/C6H12Cl2NO6P/c7-1-3-14-16(13,15-4-2-8)6(10)5-9(11)12/h6,10H,1-5H2/t6-/m0/s1. The minimum Gasteiger partial charge on any atom is -0.375 e.